The van der Waals surface area contributed by atoms with E-state index in [1.54, 1.807) is 18.2 Å². The third-order valence-corrected chi connectivity index (χ3v) is 6.34. The molecule has 1 N–H and O–H groups in total. The number of nitrogens with zero attached hydrogens (tertiary/aromatic N) is 1. The van der Waals surface area contributed by atoms with E-state index >= 15 is 0 Å². The number of hydrogen-bond acceptors (Lipinski definition) is 5. The Labute approximate surface area is 193 Å². The van der Waals surface area contributed by atoms with Crippen LogP contribution in [0.1, 0.15) is 49.5 Å². The first-order valence-corrected chi connectivity index (χ1v) is 11.8. The summed E-state index contributed by atoms with van der Waals surface area (Å²) in [6.07, 6.45) is 2.09. The van der Waals surface area contributed by atoms with Gasteiger partial charge in [0.2, 0.25) is 5.91 Å². The summed E-state index contributed by atoms with van der Waals surface area (Å²) in [5.41, 5.74) is 2.20. The fourth-order valence-electron chi connectivity index (χ4n) is 3.42. The fraction of sp³-hybridized carbons (Fsp3) is 0.400. The van der Waals surface area contributed by atoms with Crippen molar-refractivity contribution in [2.75, 3.05) is 30.8 Å². The van der Waals surface area contributed by atoms with Gasteiger partial charge in [-0.1, -0.05) is 45.0 Å². The maximum Gasteiger partial charge on any atom is 0.339 e. The molecule has 170 valence electrons. The van der Waals surface area contributed by atoms with E-state index in [0.29, 0.717) is 16.1 Å². The molecule has 0 aromatic heterocycles. The Morgan fingerprint density at radius 3 is 2.31 bits per heavy atom. The molecule has 0 aliphatic carbocycles. The average molecular weight is 455 g/mol. The molecule has 32 heavy (non-hydrogen) atoms. The molecular weight excluding hydrogens is 424 g/mol. The number of ether oxygens (including phenoxy) is 1. The van der Waals surface area contributed by atoms with Crippen LogP contribution in [0.2, 0.25) is 0 Å². The SMILES string of the molecule is CC(C)(C)c1ccc(NC(=O)COC(=O)c2ccccc2SCC(=O)N2CCCC2)cc1. The Bertz CT molecular complexity index is 961. The van der Waals surface area contributed by atoms with Crippen LogP contribution < -0.4 is 5.32 Å². The van der Waals surface area contributed by atoms with Crippen LogP contribution in [-0.2, 0) is 19.7 Å². The van der Waals surface area contributed by atoms with E-state index in [-0.39, 0.29) is 23.7 Å². The maximum absolute atomic E-state index is 12.6. The predicted octanol–water partition coefficient (Wildman–Crippen LogP) is 4.49. The number of esters is 1. The number of hydrogen-bond donors (Lipinski definition) is 1. The third kappa shape index (κ3) is 6.60. The van der Waals surface area contributed by atoms with Crippen LogP contribution >= 0.6 is 11.8 Å². The van der Waals surface area contributed by atoms with Gasteiger partial charge in [-0.05, 0) is 48.1 Å². The molecular formula is C25H30N2O4S. The summed E-state index contributed by atoms with van der Waals surface area (Å²) in [4.78, 5) is 39.6. The quantitative estimate of drug-likeness (QED) is 0.493. The Morgan fingerprint density at radius 1 is 1.00 bits per heavy atom. The van der Waals surface area contributed by atoms with Crippen molar-refractivity contribution >= 4 is 35.2 Å². The minimum Gasteiger partial charge on any atom is -0.452 e. The van der Waals surface area contributed by atoms with Crippen LogP contribution in [0.4, 0.5) is 5.69 Å². The van der Waals surface area contributed by atoms with E-state index in [9.17, 15) is 14.4 Å². The van der Waals surface area contributed by atoms with Gasteiger partial charge in [-0.2, -0.15) is 0 Å². The van der Waals surface area contributed by atoms with Gasteiger partial charge in [-0.3, -0.25) is 9.59 Å². The van der Waals surface area contributed by atoms with E-state index in [0.717, 1.165) is 25.9 Å². The molecule has 6 nitrogen and oxygen atoms in total. The molecule has 0 bridgehead atoms. The minimum atomic E-state index is -0.583. The lowest BCUT2D eigenvalue weighted by molar-refractivity contribution is -0.127. The first-order valence-electron chi connectivity index (χ1n) is 10.8. The highest BCUT2D eigenvalue weighted by atomic mass is 32.2. The molecule has 3 rings (SSSR count). The lowest BCUT2D eigenvalue weighted by Crippen LogP contribution is -2.29. The zero-order chi connectivity index (χ0) is 23.1. The summed E-state index contributed by atoms with van der Waals surface area (Å²) >= 11 is 1.32. The Morgan fingerprint density at radius 2 is 1.66 bits per heavy atom. The van der Waals surface area contributed by atoms with Crippen molar-refractivity contribution in [3.8, 4) is 0 Å². The van der Waals surface area contributed by atoms with Crippen LogP contribution in [0.15, 0.2) is 53.4 Å². The number of carbonyl (C=O) groups is 3. The lowest BCUT2D eigenvalue weighted by atomic mass is 9.87. The molecule has 1 fully saturated rings. The summed E-state index contributed by atoms with van der Waals surface area (Å²) in [6.45, 7) is 7.59. The van der Waals surface area contributed by atoms with Gasteiger partial charge >= 0.3 is 5.97 Å². The molecule has 1 heterocycles. The second-order valence-electron chi connectivity index (χ2n) is 8.82. The molecule has 0 saturated carbocycles. The van der Waals surface area contributed by atoms with Crippen LogP contribution in [0.25, 0.3) is 0 Å². The highest BCUT2D eigenvalue weighted by Crippen LogP contribution is 2.25. The maximum atomic E-state index is 12.6. The molecule has 0 radical (unpaired) electrons. The number of anilines is 1. The molecule has 0 unspecified atom stereocenters. The third-order valence-electron chi connectivity index (χ3n) is 5.29. The molecule has 2 amide bonds. The number of thioether (sulfide) groups is 1. The van der Waals surface area contributed by atoms with Crippen molar-refractivity contribution in [2.24, 2.45) is 0 Å². The summed E-state index contributed by atoms with van der Waals surface area (Å²) in [7, 11) is 0. The zero-order valence-corrected chi connectivity index (χ0v) is 19.7. The van der Waals surface area contributed by atoms with Crippen molar-refractivity contribution in [1.82, 2.24) is 4.90 Å². The van der Waals surface area contributed by atoms with Gasteiger partial charge in [-0.25, -0.2) is 4.79 Å². The molecule has 7 heteroatoms. The van der Waals surface area contributed by atoms with Gasteiger partial charge < -0.3 is 15.0 Å². The van der Waals surface area contributed by atoms with Crippen LogP contribution in [0, 0.1) is 0 Å². The predicted molar refractivity (Wildman–Crippen MR) is 127 cm³/mol. The Kier molecular flexibility index (Phi) is 7.96. The Hall–Kier alpha value is -2.80. The van der Waals surface area contributed by atoms with E-state index in [2.05, 4.69) is 26.1 Å². The topological polar surface area (TPSA) is 75.7 Å². The van der Waals surface area contributed by atoms with Crippen molar-refractivity contribution in [3.63, 3.8) is 0 Å². The summed E-state index contributed by atoms with van der Waals surface area (Å²) in [6, 6.07) is 14.6. The van der Waals surface area contributed by atoms with Crippen molar-refractivity contribution in [2.45, 2.75) is 43.9 Å². The highest BCUT2D eigenvalue weighted by molar-refractivity contribution is 8.00. The second-order valence-corrected chi connectivity index (χ2v) is 9.84. The minimum absolute atomic E-state index is 0.0303. The van der Waals surface area contributed by atoms with Gasteiger partial charge in [0.1, 0.15) is 0 Å². The normalized spacial score (nSPS) is 13.7. The molecule has 0 spiro atoms. The van der Waals surface area contributed by atoms with Gasteiger partial charge in [0, 0.05) is 23.7 Å². The van der Waals surface area contributed by atoms with E-state index in [4.69, 9.17) is 4.74 Å². The van der Waals surface area contributed by atoms with Crippen LogP contribution in [0.3, 0.4) is 0 Å². The lowest BCUT2D eigenvalue weighted by Gasteiger charge is -2.19. The summed E-state index contributed by atoms with van der Waals surface area (Å²) < 4.78 is 5.23. The molecule has 1 aliphatic heterocycles. The van der Waals surface area contributed by atoms with Crippen molar-refractivity contribution < 1.29 is 19.1 Å². The van der Waals surface area contributed by atoms with E-state index in [1.807, 2.05) is 35.2 Å². The number of nitrogens with one attached hydrogen (secondary N) is 1. The van der Waals surface area contributed by atoms with Crippen molar-refractivity contribution in [1.29, 1.82) is 0 Å². The largest absolute Gasteiger partial charge is 0.452 e. The number of benzene rings is 2. The molecule has 1 aliphatic rings. The summed E-state index contributed by atoms with van der Waals surface area (Å²) in [5, 5.41) is 2.74. The first-order chi connectivity index (χ1) is 15.2. The Balaban J connectivity index is 1.52. The second kappa shape index (κ2) is 10.7. The van der Waals surface area contributed by atoms with Gasteiger partial charge in [0.05, 0.1) is 11.3 Å². The fourth-order valence-corrected chi connectivity index (χ4v) is 4.36. The molecule has 2 aromatic rings. The number of carbonyl (C=O) groups excluding carboxylic acids is 3. The molecule has 0 atom stereocenters. The van der Waals surface area contributed by atoms with Crippen LogP contribution in [-0.4, -0.2) is 48.1 Å². The standard InChI is InChI=1S/C25H30N2O4S/c1-25(2,3)18-10-12-19(13-11-18)26-22(28)16-31-24(30)20-8-4-5-9-21(20)32-17-23(29)27-14-6-7-15-27/h4-5,8-13H,6-7,14-17H2,1-3H3,(H,26,28). The van der Waals surface area contributed by atoms with E-state index in [1.165, 1.54) is 17.3 Å². The molecule has 2 aromatic carbocycles. The van der Waals surface area contributed by atoms with Crippen molar-refractivity contribution in [3.05, 3.63) is 59.7 Å². The zero-order valence-electron chi connectivity index (χ0n) is 18.8. The van der Waals surface area contributed by atoms with Gasteiger partial charge in [-0.15, -0.1) is 11.8 Å². The highest BCUT2D eigenvalue weighted by Gasteiger charge is 2.20. The molecule has 1 saturated heterocycles. The summed E-state index contributed by atoms with van der Waals surface area (Å²) in [5.74, 6) is -0.640. The monoisotopic (exact) mass is 454 g/mol. The van der Waals surface area contributed by atoms with E-state index < -0.39 is 11.9 Å². The number of likely N-dealkylation sites (tertiary alicyclic amines) is 1. The van der Waals surface area contributed by atoms with Gasteiger partial charge in [0.25, 0.3) is 5.91 Å². The number of amides is 2. The average Bonchev–Trinajstić information content (AvgIpc) is 3.31. The number of rotatable bonds is 7. The van der Waals surface area contributed by atoms with Gasteiger partial charge in [0.15, 0.2) is 6.61 Å². The smallest absolute Gasteiger partial charge is 0.339 e. The van der Waals surface area contributed by atoms with Crippen LogP contribution in [0.5, 0.6) is 0 Å². The first kappa shape index (κ1) is 23.9.